The molecule has 0 aliphatic carbocycles. The zero-order valence-corrected chi connectivity index (χ0v) is 16.4. The van der Waals surface area contributed by atoms with Crippen molar-refractivity contribution in [1.82, 2.24) is 19.8 Å². The standard InChI is InChI=1S/C17H13ClN4O3S2/c1-10-8-13(20-12-5-3-2-4-11(10)12)17-21-15(25-22-17)9-19-27(23,24)16-7-6-14(18)26-16/h2-8,19H,9H2,1H3. The van der Waals surface area contributed by atoms with E-state index < -0.39 is 10.0 Å². The van der Waals surface area contributed by atoms with Crippen molar-refractivity contribution in [1.29, 1.82) is 0 Å². The Labute approximate surface area is 164 Å². The molecule has 7 nitrogen and oxygen atoms in total. The quantitative estimate of drug-likeness (QED) is 0.527. The highest BCUT2D eigenvalue weighted by Crippen LogP contribution is 2.26. The third kappa shape index (κ3) is 3.72. The van der Waals surface area contributed by atoms with Crippen LogP contribution in [0.5, 0.6) is 0 Å². The molecule has 0 saturated heterocycles. The van der Waals surface area contributed by atoms with Crippen LogP contribution in [0.3, 0.4) is 0 Å². The fourth-order valence-corrected chi connectivity index (χ4v) is 5.07. The SMILES string of the molecule is Cc1cc(-c2noc(CNS(=O)(=O)c3ccc(Cl)s3)n2)nc2ccccc12. The molecule has 0 bridgehead atoms. The van der Waals surface area contributed by atoms with Gasteiger partial charge in [0.2, 0.25) is 11.7 Å². The number of rotatable bonds is 5. The Bertz CT molecular complexity index is 1230. The zero-order valence-electron chi connectivity index (χ0n) is 14.0. The van der Waals surface area contributed by atoms with Crippen molar-refractivity contribution >= 4 is 43.9 Å². The molecule has 0 spiro atoms. The summed E-state index contributed by atoms with van der Waals surface area (Å²) in [5.74, 6) is 0.445. The summed E-state index contributed by atoms with van der Waals surface area (Å²) in [4.78, 5) is 8.78. The van der Waals surface area contributed by atoms with Gasteiger partial charge in [-0.05, 0) is 36.8 Å². The van der Waals surface area contributed by atoms with Gasteiger partial charge in [0.1, 0.15) is 9.90 Å². The summed E-state index contributed by atoms with van der Waals surface area (Å²) >= 11 is 6.76. The molecule has 1 N–H and O–H groups in total. The van der Waals surface area contributed by atoms with Gasteiger partial charge in [-0.3, -0.25) is 0 Å². The van der Waals surface area contributed by atoms with Crippen molar-refractivity contribution in [3.63, 3.8) is 0 Å². The number of aromatic nitrogens is 3. The third-order valence-corrected chi connectivity index (χ3v) is 6.97. The van der Waals surface area contributed by atoms with E-state index in [9.17, 15) is 8.42 Å². The first-order chi connectivity index (χ1) is 12.9. The van der Waals surface area contributed by atoms with Crippen LogP contribution in [-0.4, -0.2) is 23.5 Å². The number of thiophene rings is 1. The van der Waals surface area contributed by atoms with Gasteiger partial charge in [0.15, 0.2) is 0 Å². The number of sulfonamides is 1. The van der Waals surface area contributed by atoms with E-state index >= 15 is 0 Å². The van der Waals surface area contributed by atoms with Crippen molar-refractivity contribution in [2.75, 3.05) is 0 Å². The van der Waals surface area contributed by atoms with Gasteiger partial charge in [0, 0.05) is 5.39 Å². The maximum absolute atomic E-state index is 12.2. The topological polar surface area (TPSA) is 98.0 Å². The Morgan fingerprint density at radius 3 is 2.78 bits per heavy atom. The molecule has 4 aromatic rings. The van der Waals surface area contributed by atoms with Crippen LogP contribution in [0.4, 0.5) is 0 Å². The molecule has 0 saturated carbocycles. The van der Waals surface area contributed by atoms with Crippen LogP contribution in [0.2, 0.25) is 4.34 Å². The molecule has 138 valence electrons. The van der Waals surface area contributed by atoms with E-state index in [2.05, 4.69) is 19.8 Å². The van der Waals surface area contributed by atoms with E-state index in [-0.39, 0.29) is 16.6 Å². The Kier molecular flexibility index (Phi) is 4.68. The second-order valence-corrected chi connectivity index (χ2v) is 9.45. The van der Waals surface area contributed by atoms with Crippen molar-refractivity contribution in [2.24, 2.45) is 0 Å². The van der Waals surface area contributed by atoms with E-state index in [1.165, 1.54) is 12.1 Å². The summed E-state index contributed by atoms with van der Waals surface area (Å²) in [5, 5.41) is 4.96. The van der Waals surface area contributed by atoms with Gasteiger partial charge >= 0.3 is 0 Å². The highest BCUT2D eigenvalue weighted by atomic mass is 35.5. The molecule has 3 aromatic heterocycles. The van der Waals surface area contributed by atoms with Gasteiger partial charge in [-0.1, -0.05) is 35.0 Å². The van der Waals surface area contributed by atoms with Gasteiger partial charge in [-0.15, -0.1) is 11.3 Å². The van der Waals surface area contributed by atoms with Gasteiger partial charge in [-0.25, -0.2) is 18.1 Å². The highest BCUT2D eigenvalue weighted by Gasteiger charge is 2.19. The number of benzene rings is 1. The van der Waals surface area contributed by atoms with Crippen molar-refractivity contribution in [3.8, 4) is 11.5 Å². The van der Waals surface area contributed by atoms with Crippen LogP contribution in [0.25, 0.3) is 22.4 Å². The summed E-state index contributed by atoms with van der Waals surface area (Å²) in [6.45, 7) is 1.85. The lowest BCUT2D eigenvalue weighted by atomic mass is 10.1. The lowest BCUT2D eigenvalue weighted by Gasteiger charge is -2.03. The van der Waals surface area contributed by atoms with Crippen LogP contribution < -0.4 is 4.72 Å². The fraction of sp³-hybridized carbons (Fsp3) is 0.118. The van der Waals surface area contributed by atoms with Gasteiger partial charge in [0.25, 0.3) is 10.0 Å². The Balaban J connectivity index is 1.55. The van der Waals surface area contributed by atoms with Crippen LogP contribution in [0.1, 0.15) is 11.5 Å². The normalized spacial score (nSPS) is 11.9. The molecule has 0 amide bonds. The highest BCUT2D eigenvalue weighted by molar-refractivity contribution is 7.91. The maximum Gasteiger partial charge on any atom is 0.250 e. The predicted octanol–water partition coefficient (Wildman–Crippen LogP) is 3.79. The minimum Gasteiger partial charge on any atom is -0.337 e. The molecule has 4 rings (SSSR count). The molecule has 0 fully saturated rings. The summed E-state index contributed by atoms with van der Waals surface area (Å²) in [6, 6.07) is 12.6. The van der Waals surface area contributed by atoms with Crippen LogP contribution >= 0.6 is 22.9 Å². The van der Waals surface area contributed by atoms with E-state index in [0.717, 1.165) is 27.8 Å². The number of nitrogens with one attached hydrogen (secondary N) is 1. The molecule has 27 heavy (non-hydrogen) atoms. The van der Waals surface area contributed by atoms with Crippen LogP contribution in [0, 0.1) is 6.92 Å². The smallest absolute Gasteiger partial charge is 0.250 e. The first-order valence-electron chi connectivity index (χ1n) is 7.87. The lowest BCUT2D eigenvalue weighted by Crippen LogP contribution is -2.22. The molecule has 3 heterocycles. The molecule has 0 radical (unpaired) electrons. The number of nitrogens with zero attached hydrogens (tertiary/aromatic N) is 3. The zero-order chi connectivity index (χ0) is 19.0. The Morgan fingerprint density at radius 1 is 1.19 bits per heavy atom. The first-order valence-corrected chi connectivity index (χ1v) is 10.5. The summed E-state index contributed by atoms with van der Waals surface area (Å²) in [6.07, 6.45) is 0. The minimum absolute atomic E-state index is 0.124. The lowest BCUT2D eigenvalue weighted by molar-refractivity contribution is 0.376. The minimum atomic E-state index is -3.69. The molecule has 10 heteroatoms. The number of aryl methyl sites for hydroxylation is 1. The van der Waals surface area contributed by atoms with Crippen molar-refractivity contribution in [2.45, 2.75) is 17.7 Å². The summed E-state index contributed by atoms with van der Waals surface area (Å²) in [5.41, 5.74) is 2.43. The predicted molar refractivity (Wildman–Crippen MR) is 103 cm³/mol. The van der Waals surface area contributed by atoms with E-state index in [1.54, 1.807) is 0 Å². The largest absolute Gasteiger partial charge is 0.337 e. The number of pyridine rings is 1. The van der Waals surface area contributed by atoms with Gasteiger partial charge in [0.05, 0.1) is 16.4 Å². The Hall–Kier alpha value is -2.33. The molecule has 1 aromatic carbocycles. The number of hydrogen-bond donors (Lipinski definition) is 1. The average Bonchev–Trinajstić information content (AvgIpc) is 3.29. The Morgan fingerprint density at radius 2 is 2.00 bits per heavy atom. The second-order valence-electron chi connectivity index (χ2n) is 5.74. The molecule has 0 unspecified atom stereocenters. The average molecular weight is 421 g/mol. The number of para-hydroxylation sites is 1. The number of fused-ring (bicyclic) bond motifs is 1. The summed E-state index contributed by atoms with van der Waals surface area (Å²) in [7, 11) is -3.69. The molecular formula is C17H13ClN4O3S2. The van der Waals surface area contributed by atoms with Crippen LogP contribution in [-0.2, 0) is 16.6 Å². The van der Waals surface area contributed by atoms with Gasteiger partial charge in [-0.2, -0.15) is 4.98 Å². The molecular weight excluding hydrogens is 408 g/mol. The van der Waals surface area contributed by atoms with Crippen LogP contribution in [0.15, 0.2) is 51.2 Å². The third-order valence-electron chi connectivity index (χ3n) is 3.85. The van der Waals surface area contributed by atoms with Crippen molar-refractivity contribution in [3.05, 3.63) is 58.3 Å². The van der Waals surface area contributed by atoms with E-state index in [1.807, 2.05) is 37.3 Å². The summed E-state index contributed by atoms with van der Waals surface area (Å²) < 4.78 is 32.5. The van der Waals surface area contributed by atoms with E-state index in [4.69, 9.17) is 16.1 Å². The fourth-order valence-electron chi connectivity index (χ4n) is 2.56. The van der Waals surface area contributed by atoms with Crippen molar-refractivity contribution < 1.29 is 12.9 Å². The molecule has 0 aliphatic rings. The monoisotopic (exact) mass is 420 g/mol. The second kappa shape index (κ2) is 7.01. The van der Waals surface area contributed by atoms with Gasteiger partial charge < -0.3 is 4.52 Å². The molecule has 0 atom stereocenters. The molecule has 0 aliphatic heterocycles. The van der Waals surface area contributed by atoms with E-state index in [0.29, 0.717) is 15.9 Å². The number of halogens is 1. The number of hydrogen-bond acceptors (Lipinski definition) is 7. The first kappa shape index (κ1) is 18.1. The maximum atomic E-state index is 12.2.